The number of benzene rings is 2. The zero-order valence-corrected chi connectivity index (χ0v) is 18.3. The van der Waals surface area contributed by atoms with Gasteiger partial charge in [-0.15, -0.1) is 0 Å². The van der Waals surface area contributed by atoms with E-state index in [0.29, 0.717) is 44.0 Å². The Labute approximate surface area is 178 Å². The van der Waals surface area contributed by atoms with Gasteiger partial charge in [0.15, 0.2) is 0 Å². The van der Waals surface area contributed by atoms with Crippen molar-refractivity contribution >= 4 is 15.9 Å². The molecule has 0 saturated carbocycles. The number of piperazine rings is 1. The molecule has 1 N–H and O–H groups in total. The highest BCUT2D eigenvalue weighted by atomic mass is 32.2. The van der Waals surface area contributed by atoms with Gasteiger partial charge in [-0.2, -0.15) is 4.31 Å². The number of hydrogen-bond acceptors (Lipinski definition) is 5. The molecule has 162 valence electrons. The number of amides is 1. The van der Waals surface area contributed by atoms with E-state index in [2.05, 4.69) is 5.32 Å². The van der Waals surface area contributed by atoms with Gasteiger partial charge in [0.05, 0.1) is 12.9 Å². The quantitative estimate of drug-likeness (QED) is 0.691. The van der Waals surface area contributed by atoms with Gasteiger partial charge in [-0.25, -0.2) is 8.42 Å². The largest absolute Gasteiger partial charge is 0.497 e. The minimum absolute atomic E-state index is 0.103. The number of ether oxygens (including phenoxy) is 1. The molecule has 8 heteroatoms. The SMILES string of the molecule is COc1cccc(CN(CCS(=O)(=O)N2CCNCC2)C(=O)c2cccc(C)c2)c1. The van der Waals surface area contributed by atoms with Crippen LogP contribution >= 0.6 is 0 Å². The molecule has 0 aromatic heterocycles. The summed E-state index contributed by atoms with van der Waals surface area (Å²) in [6, 6.07) is 14.8. The molecule has 1 amide bonds. The van der Waals surface area contributed by atoms with E-state index in [-0.39, 0.29) is 18.2 Å². The van der Waals surface area contributed by atoms with Crippen LogP contribution in [0.5, 0.6) is 5.75 Å². The Morgan fingerprint density at radius 3 is 2.57 bits per heavy atom. The minimum Gasteiger partial charge on any atom is -0.497 e. The van der Waals surface area contributed by atoms with Crippen LogP contribution in [0.1, 0.15) is 21.5 Å². The molecule has 0 spiro atoms. The summed E-state index contributed by atoms with van der Waals surface area (Å²) in [7, 11) is -1.84. The van der Waals surface area contributed by atoms with Crippen LogP contribution in [0, 0.1) is 6.92 Å². The number of aryl methyl sites for hydroxylation is 1. The van der Waals surface area contributed by atoms with E-state index in [1.54, 1.807) is 18.1 Å². The Balaban J connectivity index is 1.80. The number of rotatable bonds is 8. The predicted molar refractivity (Wildman–Crippen MR) is 117 cm³/mol. The highest BCUT2D eigenvalue weighted by Crippen LogP contribution is 2.17. The maximum Gasteiger partial charge on any atom is 0.254 e. The zero-order chi connectivity index (χ0) is 21.6. The fraction of sp³-hybridized carbons (Fsp3) is 0.409. The molecule has 1 saturated heterocycles. The van der Waals surface area contributed by atoms with Gasteiger partial charge in [-0.1, -0.05) is 29.8 Å². The van der Waals surface area contributed by atoms with E-state index in [4.69, 9.17) is 4.74 Å². The van der Waals surface area contributed by atoms with Gasteiger partial charge in [-0.3, -0.25) is 4.79 Å². The molecule has 1 heterocycles. The van der Waals surface area contributed by atoms with Crippen molar-refractivity contribution in [3.8, 4) is 5.75 Å². The summed E-state index contributed by atoms with van der Waals surface area (Å²) in [6.45, 7) is 4.58. The average Bonchev–Trinajstić information content (AvgIpc) is 2.77. The first-order chi connectivity index (χ1) is 14.4. The molecule has 1 aliphatic rings. The second kappa shape index (κ2) is 10.1. The second-order valence-corrected chi connectivity index (χ2v) is 9.50. The number of nitrogens with one attached hydrogen (secondary N) is 1. The Bertz CT molecular complexity index is 972. The molecule has 30 heavy (non-hydrogen) atoms. The van der Waals surface area contributed by atoms with Crippen molar-refractivity contribution in [2.24, 2.45) is 0 Å². The first kappa shape index (κ1) is 22.3. The van der Waals surface area contributed by atoms with Crippen LogP contribution in [0.4, 0.5) is 0 Å². The fourth-order valence-corrected chi connectivity index (χ4v) is 4.93. The van der Waals surface area contributed by atoms with Gasteiger partial charge in [0.1, 0.15) is 5.75 Å². The van der Waals surface area contributed by atoms with Gasteiger partial charge in [0.2, 0.25) is 10.0 Å². The van der Waals surface area contributed by atoms with Crippen molar-refractivity contribution in [2.45, 2.75) is 13.5 Å². The number of methoxy groups -OCH3 is 1. The van der Waals surface area contributed by atoms with Crippen LogP contribution in [-0.4, -0.2) is 69.1 Å². The number of hydrogen-bond donors (Lipinski definition) is 1. The van der Waals surface area contributed by atoms with Crippen LogP contribution in [-0.2, 0) is 16.6 Å². The Hall–Kier alpha value is -2.42. The molecule has 0 bridgehead atoms. The number of sulfonamides is 1. The Morgan fingerprint density at radius 1 is 1.13 bits per heavy atom. The topological polar surface area (TPSA) is 79.0 Å². The summed E-state index contributed by atoms with van der Waals surface area (Å²) in [5.74, 6) is 0.412. The molecule has 0 atom stereocenters. The minimum atomic E-state index is -3.43. The number of nitrogens with zero attached hydrogens (tertiary/aromatic N) is 2. The summed E-state index contributed by atoms with van der Waals surface area (Å²) < 4.78 is 32.4. The summed E-state index contributed by atoms with van der Waals surface area (Å²) >= 11 is 0. The molecule has 7 nitrogen and oxygen atoms in total. The van der Waals surface area contributed by atoms with Gasteiger partial charge in [0, 0.05) is 44.8 Å². The van der Waals surface area contributed by atoms with Crippen LogP contribution in [0.15, 0.2) is 48.5 Å². The third kappa shape index (κ3) is 5.81. The molecule has 2 aromatic rings. The van der Waals surface area contributed by atoms with Crippen molar-refractivity contribution in [2.75, 3.05) is 45.6 Å². The van der Waals surface area contributed by atoms with E-state index in [0.717, 1.165) is 11.1 Å². The lowest BCUT2D eigenvalue weighted by molar-refractivity contribution is 0.0753. The Kier molecular flexibility index (Phi) is 7.47. The lowest BCUT2D eigenvalue weighted by Crippen LogP contribution is -2.48. The first-order valence-electron chi connectivity index (χ1n) is 10.1. The molecule has 0 radical (unpaired) electrons. The number of carbonyl (C=O) groups is 1. The van der Waals surface area contributed by atoms with Gasteiger partial charge >= 0.3 is 0 Å². The monoisotopic (exact) mass is 431 g/mol. The summed E-state index contributed by atoms with van der Waals surface area (Å²) in [5.41, 5.74) is 2.42. The fourth-order valence-electron chi connectivity index (χ4n) is 3.48. The van der Waals surface area contributed by atoms with Crippen molar-refractivity contribution in [1.82, 2.24) is 14.5 Å². The highest BCUT2D eigenvalue weighted by molar-refractivity contribution is 7.89. The van der Waals surface area contributed by atoms with E-state index in [9.17, 15) is 13.2 Å². The molecule has 3 rings (SSSR count). The molecular weight excluding hydrogens is 402 g/mol. The van der Waals surface area contributed by atoms with Crippen LogP contribution in [0.25, 0.3) is 0 Å². The van der Waals surface area contributed by atoms with Crippen LogP contribution in [0.3, 0.4) is 0 Å². The van der Waals surface area contributed by atoms with Crippen molar-refractivity contribution in [3.05, 3.63) is 65.2 Å². The maximum absolute atomic E-state index is 13.2. The molecule has 1 aliphatic heterocycles. The van der Waals surface area contributed by atoms with E-state index in [1.165, 1.54) is 4.31 Å². The third-order valence-corrected chi connectivity index (χ3v) is 7.00. The molecular formula is C22H29N3O4S. The average molecular weight is 432 g/mol. The second-order valence-electron chi connectivity index (χ2n) is 7.41. The molecule has 0 unspecified atom stereocenters. The van der Waals surface area contributed by atoms with Crippen molar-refractivity contribution < 1.29 is 17.9 Å². The summed E-state index contributed by atoms with van der Waals surface area (Å²) in [6.07, 6.45) is 0. The zero-order valence-electron chi connectivity index (χ0n) is 17.5. The number of carbonyl (C=O) groups excluding carboxylic acids is 1. The summed E-state index contributed by atoms with van der Waals surface area (Å²) in [5, 5.41) is 3.16. The van der Waals surface area contributed by atoms with Gasteiger partial charge < -0.3 is 15.0 Å². The third-order valence-electron chi connectivity index (χ3n) is 5.15. The summed E-state index contributed by atoms with van der Waals surface area (Å²) in [4.78, 5) is 14.8. The normalized spacial score (nSPS) is 15.0. The standard InChI is InChI=1S/C22H29N3O4S/c1-18-5-3-7-20(15-18)22(26)24(17-19-6-4-8-21(16-19)29-2)13-14-30(27,28)25-11-9-23-10-12-25/h3-8,15-16,23H,9-14,17H2,1-2H3. The van der Waals surface area contributed by atoms with Crippen LogP contribution in [0.2, 0.25) is 0 Å². The van der Waals surface area contributed by atoms with Crippen molar-refractivity contribution in [3.63, 3.8) is 0 Å². The predicted octanol–water partition coefficient (Wildman–Crippen LogP) is 1.88. The van der Waals surface area contributed by atoms with Gasteiger partial charge in [-0.05, 0) is 36.8 Å². The maximum atomic E-state index is 13.2. The molecule has 0 aliphatic carbocycles. The Morgan fingerprint density at radius 2 is 1.87 bits per heavy atom. The highest BCUT2D eigenvalue weighted by Gasteiger charge is 2.26. The molecule has 2 aromatic carbocycles. The van der Waals surface area contributed by atoms with E-state index >= 15 is 0 Å². The molecule has 1 fully saturated rings. The van der Waals surface area contributed by atoms with Crippen molar-refractivity contribution in [1.29, 1.82) is 0 Å². The lowest BCUT2D eigenvalue weighted by Gasteiger charge is -2.28. The van der Waals surface area contributed by atoms with Gasteiger partial charge in [0.25, 0.3) is 5.91 Å². The first-order valence-corrected chi connectivity index (χ1v) is 11.7. The van der Waals surface area contributed by atoms with E-state index < -0.39 is 10.0 Å². The smallest absolute Gasteiger partial charge is 0.254 e. The van der Waals surface area contributed by atoms with E-state index in [1.807, 2.05) is 49.4 Å². The van der Waals surface area contributed by atoms with Crippen LogP contribution < -0.4 is 10.1 Å². The lowest BCUT2D eigenvalue weighted by atomic mass is 10.1.